The molecular weight excluding hydrogens is 440 g/mol. The monoisotopic (exact) mass is 464 g/mol. The molecule has 0 atom stereocenters. The molecule has 0 radical (unpaired) electrons. The number of carbonyl (C=O) groups excluding carboxylic acids is 1. The van der Waals surface area contributed by atoms with E-state index in [-0.39, 0.29) is 0 Å². The molecule has 0 aliphatic carbocycles. The third-order valence-corrected chi connectivity index (χ3v) is 5.82. The fourth-order valence-electron chi connectivity index (χ4n) is 4.10. The molecule has 0 bridgehead atoms. The molecule has 174 valence electrons. The molecule has 35 heavy (non-hydrogen) atoms. The Kier molecular flexibility index (Phi) is 6.15. The Labute approximate surface area is 202 Å². The van der Waals surface area contributed by atoms with E-state index >= 15 is 0 Å². The van der Waals surface area contributed by atoms with Gasteiger partial charge in [-0.2, -0.15) is 0 Å². The Hall–Kier alpha value is -4.62. The van der Waals surface area contributed by atoms with Crippen molar-refractivity contribution >= 4 is 39.6 Å². The Morgan fingerprint density at radius 3 is 2.66 bits per heavy atom. The van der Waals surface area contributed by atoms with Gasteiger partial charge in [-0.1, -0.05) is 36.4 Å². The van der Waals surface area contributed by atoms with Crippen molar-refractivity contribution in [1.29, 1.82) is 0 Å². The van der Waals surface area contributed by atoms with Gasteiger partial charge in [-0.3, -0.25) is 10.0 Å². The predicted molar refractivity (Wildman–Crippen MR) is 138 cm³/mol. The van der Waals surface area contributed by atoms with Crippen LogP contribution in [0.15, 0.2) is 84.9 Å². The van der Waals surface area contributed by atoms with Gasteiger partial charge in [-0.05, 0) is 59.7 Å². The predicted octanol–water partition coefficient (Wildman–Crippen LogP) is 5.52. The summed E-state index contributed by atoms with van der Waals surface area (Å²) in [6, 6.07) is 26.0. The highest BCUT2D eigenvalue weighted by Gasteiger charge is 2.14. The van der Waals surface area contributed by atoms with Crippen molar-refractivity contribution in [3.8, 4) is 17.0 Å². The minimum absolute atomic E-state index is 0.552. The average Bonchev–Trinajstić information content (AvgIpc) is 3.29. The van der Waals surface area contributed by atoms with Gasteiger partial charge in [0.15, 0.2) is 0 Å². The third kappa shape index (κ3) is 4.71. The maximum Gasteiger partial charge on any atom is 0.267 e. The largest absolute Gasteiger partial charge is 0.497 e. The van der Waals surface area contributed by atoms with Gasteiger partial charge in [-0.15, -0.1) is 0 Å². The second kappa shape index (κ2) is 9.70. The zero-order valence-corrected chi connectivity index (χ0v) is 19.1. The number of H-pyrrole nitrogens is 1. The van der Waals surface area contributed by atoms with Gasteiger partial charge in [0.1, 0.15) is 11.6 Å². The van der Waals surface area contributed by atoms with Crippen molar-refractivity contribution in [2.75, 3.05) is 12.4 Å². The number of hydrogen-bond acceptors (Lipinski definition) is 5. The molecule has 0 fully saturated rings. The Morgan fingerprint density at radius 2 is 1.86 bits per heavy atom. The van der Waals surface area contributed by atoms with Crippen LogP contribution in [0.1, 0.15) is 11.1 Å². The Bertz CT molecular complexity index is 1540. The smallest absolute Gasteiger partial charge is 0.267 e. The molecule has 4 N–H and O–H groups in total. The number of nitrogens with zero attached hydrogens (tertiary/aromatic N) is 1. The number of aromatic nitrogens is 2. The van der Waals surface area contributed by atoms with Crippen molar-refractivity contribution in [1.82, 2.24) is 15.4 Å². The fourth-order valence-corrected chi connectivity index (χ4v) is 4.10. The van der Waals surface area contributed by atoms with E-state index < -0.39 is 5.91 Å². The lowest BCUT2D eigenvalue weighted by molar-refractivity contribution is -0.124. The SMILES string of the molecule is COc1ccc(-c2nc(NCc3cccc(/C=C/C(=O)NO)c3)cc3c2[nH]c2ccccc23)cc1. The molecule has 0 saturated carbocycles. The molecule has 5 rings (SSSR count). The highest BCUT2D eigenvalue weighted by atomic mass is 16.5. The number of para-hydroxylation sites is 1. The summed E-state index contributed by atoms with van der Waals surface area (Å²) in [5.41, 5.74) is 7.36. The molecule has 2 aromatic heterocycles. The van der Waals surface area contributed by atoms with E-state index in [9.17, 15) is 4.79 Å². The molecule has 0 spiro atoms. The van der Waals surface area contributed by atoms with Crippen molar-refractivity contribution < 1.29 is 14.7 Å². The second-order valence-electron chi connectivity index (χ2n) is 8.09. The molecule has 0 unspecified atom stereocenters. The molecule has 7 nitrogen and oxygen atoms in total. The third-order valence-electron chi connectivity index (χ3n) is 5.82. The number of hydrogen-bond donors (Lipinski definition) is 4. The van der Waals surface area contributed by atoms with Crippen LogP contribution in [0.4, 0.5) is 5.82 Å². The number of pyridine rings is 1. The second-order valence-corrected chi connectivity index (χ2v) is 8.09. The van der Waals surface area contributed by atoms with Crippen LogP contribution in [0.5, 0.6) is 5.75 Å². The number of aromatic amines is 1. The summed E-state index contributed by atoms with van der Waals surface area (Å²) >= 11 is 0. The van der Waals surface area contributed by atoms with Crippen LogP contribution in [-0.2, 0) is 11.3 Å². The van der Waals surface area contributed by atoms with Crippen LogP contribution >= 0.6 is 0 Å². The number of anilines is 1. The van der Waals surface area contributed by atoms with Crippen LogP contribution in [-0.4, -0.2) is 28.2 Å². The van der Waals surface area contributed by atoms with Gasteiger partial charge >= 0.3 is 0 Å². The van der Waals surface area contributed by atoms with Crippen molar-refractivity contribution in [3.05, 3.63) is 96.1 Å². The highest BCUT2D eigenvalue weighted by Crippen LogP contribution is 2.34. The molecular formula is C28H24N4O3. The molecule has 0 aliphatic heterocycles. The Morgan fingerprint density at radius 1 is 1.03 bits per heavy atom. The zero-order valence-electron chi connectivity index (χ0n) is 19.1. The molecule has 2 heterocycles. The van der Waals surface area contributed by atoms with Crippen LogP contribution in [0.3, 0.4) is 0 Å². The van der Waals surface area contributed by atoms with Crippen molar-refractivity contribution in [2.45, 2.75) is 6.54 Å². The van der Waals surface area contributed by atoms with Crippen molar-refractivity contribution in [2.24, 2.45) is 0 Å². The number of amides is 1. The summed E-state index contributed by atoms with van der Waals surface area (Å²) in [6.07, 6.45) is 2.92. The molecule has 3 aromatic carbocycles. The highest BCUT2D eigenvalue weighted by molar-refractivity contribution is 6.11. The van der Waals surface area contributed by atoms with Gasteiger partial charge in [0.2, 0.25) is 0 Å². The first kappa shape index (κ1) is 22.2. The number of fused-ring (bicyclic) bond motifs is 3. The summed E-state index contributed by atoms with van der Waals surface area (Å²) in [5, 5.41) is 14.3. The minimum atomic E-state index is -0.573. The molecule has 0 saturated heterocycles. The molecule has 7 heteroatoms. The number of benzene rings is 3. The topological polar surface area (TPSA) is 99.3 Å². The lowest BCUT2D eigenvalue weighted by atomic mass is 10.1. The molecule has 0 aliphatic rings. The van der Waals surface area contributed by atoms with E-state index in [1.807, 2.05) is 60.7 Å². The van der Waals surface area contributed by atoms with Crippen LogP contribution < -0.4 is 15.5 Å². The summed E-state index contributed by atoms with van der Waals surface area (Å²) < 4.78 is 5.32. The van der Waals surface area contributed by atoms with Crippen molar-refractivity contribution in [3.63, 3.8) is 0 Å². The average molecular weight is 465 g/mol. The minimum Gasteiger partial charge on any atom is -0.497 e. The maximum absolute atomic E-state index is 11.3. The molecule has 5 aromatic rings. The standard InChI is InChI=1S/C28H24N4O3/c1-35-21-12-10-20(11-13-21)27-28-23(22-7-2-3-8-24(22)30-28)16-25(31-27)29-17-19-6-4-5-18(15-19)9-14-26(33)32-34/h2-16,30,34H,17H2,1H3,(H,29,31)(H,32,33)/b14-9+. The van der Waals surface area contributed by atoms with Crippen LogP contribution in [0, 0.1) is 0 Å². The Balaban J connectivity index is 1.50. The van der Waals surface area contributed by atoms with E-state index in [0.717, 1.165) is 55.8 Å². The van der Waals surface area contributed by atoms with Gasteiger partial charge in [-0.25, -0.2) is 10.5 Å². The number of ether oxygens (including phenoxy) is 1. The van der Waals surface area contributed by atoms with Gasteiger partial charge in [0.05, 0.1) is 18.3 Å². The van der Waals surface area contributed by atoms with E-state index in [2.05, 4.69) is 28.5 Å². The number of nitrogens with one attached hydrogen (secondary N) is 3. The first-order valence-electron chi connectivity index (χ1n) is 11.2. The number of hydroxylamine groups is 1. The summed E-state index contributed by atoms with van der Waals surface area (Å²) in [4.78, 5) is 19.7. The van der Waals surface area contributed by atoms with Gasteiger partial charge in [0.25, 0.3) is 5.91 Å². The number of rotatable bonds is 7. The van der Waals surface area contributed by atoms with Crippen LogP contribution in [0.25, 0.3) is 39.1 Å². The fraction of sp³-hybridized carbons (Fsp3) is 0.0714. The quantitative estimate of drug-likeness (QED) is 0.144. The van der Waals surface area contributed by atoms with E-state index in [0.29, 0.717) is 6.54 Å². The lowest BCUT2D eigenvalue weighted by Gasteiger charge is -2.11. The lowest BCUT2D eigenvalue weighted by Crippen LogP contribution is -2.14. The van der Waals surface area contributed by atoms with Crippen LogP contribution in [0.2, 0.25) is 0 Å². The summed E-state index contributed by atoms with van der Waals surface area (Å²) in [7, 11) is 1.65. The summed E-state index contributed by atoms with van der Waals surface area (Å²) in [6.45, 7) is 0.552. The number of methoxy groups -OCH3 is 1. The van der Waals surface area contributed by atoms with Gasteiger partial charge < -0.3 is 15.0 Å². The molecule has 1 amide bonds. The van der Waals surface area contributed by atoms with E-state index in [1.54, 1.807) is 18.7 Å². The summed E-state index contributed by atoms with van der Waals surface area (Å²) in [5.74, 6) is 0.978. The van der Waals surface area contributed by atoms with E-state index in [1.165, 1.54) is 6.08 Å². The zero-order chi connectivity index (χ0) is 24.2. The normalized spacial score (nSPS) is 11.3. The first-order chi connectivity index (χ1) is 17.1. The first-order valence-corrected chi connectivity index (χ1v) is 11.2. The maximum atomic E-state index is 11.3. The van der Waals surface area contributed by atoms with E-state index in [4.69, 9.17) is 14.9 Å². The number of carbonyl (C=O) groups is 1. The van der Waals surface area contributed by atoms with Gasteiger partial charge in [0, 0.05) is 34.5 Å².